The van der Waals surface area contributed by atoms with Gasteiger partial charge in [0.05, 0.1) is 6.04 Å². The van der Waals surface area contributed by atoms with Crippen LogP contribution in [0.4, 0.5) is 9.52 Å². The van der Waals surface area contributed by atoms with Gasteiger partial charge < -0.3 is 16.0 Å². The lowest BCUT2D eigenvalue weighted by molar-refractivity contribution is 0.0708. The summed E-state index contributed by atoms with van der Waals surface area (Å²) in [4.78, 5) is 18.8. The minimum atomic E-state index is -0.276. The van der Waals surface area contributed by atoms with Gasteiger partial charge in [0, 0.05) is 30.9 Å². The molecule has 7 heteroatoms. The van der Waals surface area contributed by atoms with Crippen molar-refractivity contribution in [2.75, 3.05) is 25.4 Å². The number of carbonyl (C=O) groups is 1. The molecule has 0 radical (unpaired) electrons. The van der Waals surface area contributed by atoms with Gasteiger partial charge in [0.2, 0.25) is 0 Å². The fraction of sp³-hybridized carbons (Fsp3) is 0.375. The number of rotatable bonds is 2. The summed E-state index contributed by atoms with van der Waals surface area (Å²) in [5, 5.41) is 5.45. The first-order valence-corrected chi connectivity index (χ1v) is 8.49. The number of anilines is 1. The first-order valence-electron chi connectivity index (χ1n) is 7.61. The van der Waals surface area contributed by atoms with E-state index in [4.69, 9.17) is 5.73 Å². The van der Waals surface area contributed by atoms with Gasteiger partial charge in [0.25, 0.3) is 5.91 Å². The average Bonchev–Trinajstić information content (AvgIpc) is 3.21. The smallest absolute Gasteiger partial charge is 0.273 e. The number of nitrogens with two attached hydrogens (primary N) is 1. The molecule has 0 unspecified atom stereocenters. The van der Waals surface area contributed by atoms with Gasteiger partial charge in [0.1, 0.15) is 11.5 Å². The summed E-state index contributed by atoms with van der Waals surface area (Å²) < 4.78 is 13.7. The number of hydrogen-bond acceptors (Lipinski definition) is 5. The Morgan fingerprint density at radius 2 is 2.30 bits per heavy atom. The number of nitrogen functional groups attached to an aromatic ring is 1. The van der Waals surface area contributed by atoms with Crippen LogP contribution in [0.25, 0.3) is 0 Å². The zero-order chi connectivity index (χ0) is 16.0. The summed E-state index contributed by atoms with van der Waals surface area (Å²) in [5.41, 5.74) is 6.87. The summed E-state index contributed by atoms with van der Waals surface area (Å²) in [6.07, 6.45) is 0. The molecule has 3 atom stereocenters. The number of thiazole rings is 1. The predicted molar refractivity (Wildman–Crippen MR) is 86.6 cm³/mol. The van der Waals surface area contributed by atoms with E-state index >= 15 is 0 Å². The minimum Gasteiger partial charge on any atom is -0.375 e. The van der Waals surface area contributed by atoms with Crippen molar-refractivity contribution >= 4 is 22.4 Å². The van der Waals surface area contributed by atoms with Crippen molar-refractivity contribution in [1.29, 1.82) is 0 Å². The fourth-order valence-electron chi connectivity index (χ4n) is 3.78. The number of carbonyl (C=O) groups excluding carboxylic acids is 1. The van der Waals surface area contributed by atoms with E-state index in [0.29, 0.717) is 29.2 Å². The Balaban J connectivity index is 1.71. The van der Waals surface area contributed by atoms with Crippen LogP contribution in [-0.4, -0.2) is 35.4 Å². The monoisotopic (exact) mass is 332 g/mol. The fourth-order valence-corrected chi connectivity index (χ4v) is 4.32. The van der Waals surface area contributed by atoms with E-state index in [0.717, 1.165) is 18.7 Å². The third-order valence-electron chi connectivity index (χ3n) is 4.76. The highest BCUT2D eigenvalue weighted by Gasteiger charge is 2.47. The largest absolute Gasteiger partial charge is 0.375 e. The van der Waals surface area contributed by atoms with Gasteiger partial charge in [-0.25, -0.2) is 9.37 Å². The minimum absolute atomic E-state index is 0.124. The maximum atomic E-state index is 13.7. The van der Waals surface area contributed by atoms with Crippen LogP contribution in [0.2, 0.25) is 0 Å². The van der Waals surface area contributed by atoms with E-state index in [2.05, 4.69) is 10.3 Å². The van der Waals surface area contributed by atoms with Crippen LogP contribution >= 0.6 is 11.3 Å². The maximum Gasteiger partial charge on any atom is 0.273 e. The van der Waals surface area contributed by atoms with Crippen LogP contribution in [0.15, 0.2) is 29.6 Å². The third kappa shape index (κ3) is 2.49. The molecule has 2 aliphatic rings. The highest BCUT2D eigenvalue weighted by Crippen LogP contribution is 2.43. The van der Waals surface area contributed by atoms with Crippen LogP contribution in [0.3, 0.4) is 0 Å². The molecule has 2 aliphatic heterocycles. The molecule has 1 amide bonds. The Kier molecular flexibility index (Phi) is 3.54. The summed E-state index contributed by atoms with van der Waals surface area (Å²) in [6.45, 7) is 2.39. The summed E-state index contributed by atoms with van der Waals surface area (Å²) in [7, 11) is 0. The number of hydrogen-bond donors (Lipinski definition) is 2. The molecule has 2 saturated heterocycles. The van der Waals surface area contributed by atoms with Crippen molar-refractivity contribution in [3.05, 3.63) is 46.7 Å². The van der Waals surface area contributed by atoms with E-state index in [9.17, 15) is 9.18 Å². The van der Waals surface area contributed by atoms with E-state index < -0.39 is 0 Å². The number of benzene rings is 1. The van der Waals surface area contributed by atoms with Crippen LogP contribution in [0.1, 0.15) is 22.1 Å². The second-order valence-corrected chi connectivity index (χ2v) is 7.00. The topological polar surface area (TPSA) is 71.2 Å². The van der Waals surface area contributed by atoms with Gasteiger partial charge in [-0.15, -0.1) is 11.3 Å². The number of nitrogens with one attached hydrogen (secondary N) is 1. The van der Waals surface area contributed by atoms with Crippen molar-refractivity contribution in [2.45, 2.75) is 6.04 Å². The van der Waals surface area contributed by atoms with Gasteiger partial charge >= 0.3 is 0 Å². The maximum absolute atomic E-state index is 13.7. The third-order valence-corrected chi connectivity index (χ3v) is 5.43. The Hall–Kier alpha value is -1.99. The Morgan fingerprint density at radius 1 is 1.43 bits per heavy atom. The predicted octanol–water partition coefficient (Wildman–Crippen LogP) is 1.90. The van der Waals surface area contributed by atoms with Crippen LogP contribution in [0, 0.1) is 17.7 Å². The molecule has 2 aromatic rings. The van der Waals surface area contributed by atoms with Gasteiger partial charge in [-0.2, -0.15) is 0 Å². The zero-order valence-corrected chi connectivity index (χ0v) is 13.2. The molecule has 120 valence electrons. The molecule has 0 aliphatic carbocycles. The van der Waals surface area contributed by atoms with Gasteiger partial charge in [-0.1, -0.05) is 12.1 Å². The Morgan fingerprint density at radius 3 is 3.04 bits per heavy atom. The van der Waals surface area contributed by atoms with Crippen molar-refractivity contribution < 1.29 is 9.18 Å². The van der Waals surface area contributed by atoms with Crippen LogP contribution < -0.4 is 11.1 Å². The molecule has 0 saturated carbocycles. The SMILES string of the molecule is Nc1nc(C(=O)N2C[C@@H]3CNC[C@@H]3[C@H]2c2cccc(F)c2)cs1. The number of aromatic nitrogens is 1. The molecule has 5 nitrogen and oxygen atoms in total. The second kappa shape index (κ2) is 5.58. The van der Waals surface area contributed by atoms with Gasteiger partial charge in [-0.05, 0) is 23.6 Å². The number of halogens is 1. The quantitative estimate of drug-likeness (QED) is 0.881. The average molecular weight is 332 g/mol. The van der Waals surface area contributed by atoms with E-state index in [1.165, 1.54) is 23.5 Å². The molecule has 3 heterocycles. The Bertz CT molecular complexity index is 749. The van der Waals surface area contributed by atoms with E-state index in [-0.39, 0.29) is 17.8 Å². The van der Waals surface area contributed by atoms with Crippen molar-refractivity contribution in [1.82, 2.24) is 15.2 Å². The van der Waals surface area contributed by atoms with Crippen molar-refractivity contribution in [3.8, 4) is 0 Å². The molecular weight excluding hydrogens is 315 g/mol. The van der Waals surface area contributed by atoms with E-state index in [1.807, 2.05) is 11.0 Å². The number of fused-ring (bicyclic) bond motifs is 1. The number of nitrogens with zero attached hydrogens (tertiary/aromatic N) is 2. The lowest BCUT2D eigenvalue weighted by atomic mass is 9.89. The highest BCUT2D eigenvalue weighted by molar-refractivity contribution is 7.13. The summed E-state index contributed by atoms with van der Waals surface area (Å²) >= 11 is 1.26. The summed E-state index contributed by atoms with van der Waals surface area (Å²) in [5.74, 6) is 0.295. The molecule has 3 N–H and O–H groups in total. The normalized spacial score (nSPS) is 26.5. The van der Waals surface area contributed by atoms with Crippen molar-refractivity contribution in [2.24, 2.45) is 11.8 Å². The first-order chi connectivity index (χ1) is 11.1. The second-order valence-electron chi connectivity index (χ2n) is 6.11. The zero-order valence-electron chi connectivity index (χ0n) is 12.4. The molecule has 1 aromatic carbocycles. The molecule has 23 heavy (non-hydrogen) atoms. The first kappa shape index (κ1) is 14.6. The number of likely N-dealkylation sites (tertiary alicyclic amines) is 1. The molecular formula is C16H17FN4OS. The van der Waals surface area contributed by atoms with Gasteiger partial charge in [0.15, 0.2) is 5.13 Å². The van der Waals surface area contributed by atoms with Crippen LogP contribution in [-0.2, 0) is 0 Å². The molecule has 2 fully saturated rings. The van der Waals surface area contributed by atoms with Gasteiger partial charge in [-0.3, -0.25) is 4.79 Å². The molecule has 0 spiro atoms. The van der Waals surface area contributed by atoms with E-state index in [1.54, 1.807) is 11.4 Å². The lowest BCUT2D eigenvalue weighted by Crippen LogP contribution is -2.35. The van der Waals surface area contributed by atoms with Crippen molar-refractivity contribution in [3.63, 3.8) is 0 Å². The summed E-state index contributed by atoms with van der Waals surface area (Å²) in [6, 6.07) is 6.42. The Labute approximate surface area is 137 Å². The van der Waals surface area contributed by atoms with Crippen LogP contribution in [0.5, 0.6) is 0 Å². The standard InChI is InChI=1S/C16H17FN4OS/c17-11-3-1-2-9(4-11)14-12-6-19-5-10(12)7-21(14)15(22)13-8-23-16(18)20-13/h1-4,8,10,12,14,19H,5-7H2,(H2,18,20)/t10-,12-,14+/m0/s1. The molecule has 4 rings (SSSR count). The highest BCUT2D eigenvalue weighted by atomic mass is 32.1. The molecule has 1 aromatic heterocycles. The molecule has 0 bridgehead atoms. The lowest BCUT2D eigenvalue weighted by Gasteiger charge is -2.28. The number of amides is 1.